The minimum absolute atomic E-state index is 0.111. The Bertz CT molecular complexity index is 1390. The van der Waals surface area contributed by atoms with Gasteiger partial charge in [0.15, 0.2) is 10.9 Å². The number of H-pyrrole nitrogens is 1. The number of rotatable bonds is 5. The molecule has 0 aliphatic heterocycles. The normalized spacial score (nSPS) is 12.6. The lowest BCUT2D eigenvalue weighted by molar-refractivity contribution is 0.607. The van der Waals surface area contributed by atoms with Gasteiger partial charge in [0.05, 0.1) is 16.2 Å². The first-order chi connectivity index (χ1) is 14.6. The lowest BCUT2D eigenvalue weighted by Gasteiger charge is -2.12. The van der Waals surface area contributed by atoms with Crippen molar-refractivity contribution in [3.63, 3.8) is 0 Å². The lowest BCUT2D eigenvalue weighted by atomic mass is 10.2. The van der Waals surface area contributed by atoms with Gasteiger partial charge in [-0.15, -0.1) is 10.2 Å². The molecule has 0 saturated heterocycles. The molecule has 0 saturated carbocycles. The van der Waals surface area contributed by atoms with Crippen molar-refractivity contribution in [1.29, 1.82) is 0 Å². The minimum Gasteiger partial charge on any atom is -0.453 e. The summed E-state index contributed by atoms with van der Waals surface area (Å²) < 4.78 is 7.98. The van der Waals surface area contributed by atoms with Gasteiger partial charge in [0.25, 0.3) is 5.56 Å². The van der Waals surface area contributed by atoms with Crippen molar-refractivity contribution in [2.24, 2.45) is 0 Å². The van der Waals surface area contributed by atoms with Crippen molar-refractivity contribution in [2.75, 3.05) is 0 Å². The van der Waals surface area contributed by atoms with E-state index < -0.39 is 0 Å². The molecule has 7 nitrogen and oxygen atoms in total. The summed E-state index contributed by atoms with van der Waals surface area (Å²) in [5, 5.41) is 11.0. The minimum atomic E-state index is -0.136. The number of benzene rings is 2. The molecule has 150 valence electrons. The molecule has 0 fully saturated rings. The third-order valence-electron chi connectivity index (χ3n) is 4.98. The number of aromatic nitrogens is 5. The highest BCUT2D eigenvalue weighted by molar-refractivity contribution is 7.99. The Hall–Kier alpha value is -3.39. The molecule has 0 amide bonds. The number of fused-ring (bicyclic) bond motifs is 2. The quantitative estimate of drug-likeness (QED) is 0.413. The van der Waals surface area contributed by atoms with Crippen LogP contribution in [0.5, 0.6) is 0 Å². The second-order valence-electron chi connectivity index (χ2n) is 6.93. The predicted molar refractivity (Wildman–Crippen MR) is 118 cm³/mol. The number of nitrogens with one attached hydrogen (secondary N) is 1. The van der Waals surface area contributed by atoms with Crippen LogP contribution in [0, 0.1) is 0 Å². The standard InChI is InChI=1S/C22H19N5O2S/c1-3-27-20(18-12-14-8-4-7-11-17(14)29-18)25-26-22(27)30-13(2)19-23-16-10-6-5-9-15(16)21(28)24-19/h4-13H,3H2,1-2H3,(H,23,24,28)/t13-/m0/s1. The highest BCUT2D eigenvalue weighted by Crippen LogP contribution is 2.35. The molecule has 3 heterocycles. The SMILES string of the molecule is CCn1c(S[C@@H](C)c2nc3ccccc3c(=O)[nH]2)nnc1-c1cc2ccccc2o1. The van der Waals surface area contributed by atoms with Gasteiger partial charge in [-0.2, -0.15) is 0 Å². The van der Waals surface area contributed by atoms with Gasteiger partial charge >= 0.3 is 0 Å². The van der Waals surface area contributed by atoms with E-state index in [4.69, 9.17) is 4.42 Å². The number of thioether (sulfide) groups is 1. The Labute approximate surface area is 176 Å². The monoisotopic (exact) mass is 417 g/mol. The number of aromatic amines is 1. The summed E-state index contributed by atoms with van der Waals surface area (Å²) >= 11 is 1.50. The maximum Gasteiger partial charge on any atom is 0.258 e. The summed E-state index contributed by atoms with van der Waals surface area (Å²) in [6.07, 6.45) is 0. The number of para-hydroxylation sites is 2. The van der Waals surface area contributed by atoms with Gasteiger partial charge in [-0.05, 0) is 38.1 Å². The average Bonchev–Trinajstić information content (AvgIpc) is 3.37. The van der Waals surface area contributed by atoms with Crippen molar-refractivity contribution in [3.05, 3.63) is 70.8 Å². The van der Waals surface area contributed by atoms with Gasteiger partial charge in [0.1, 0.15) is 11.4 Å². The Balaban J connectivity index is 1.48. The molecule has 2 aromatic carbocycles. The summed E-state index contributed by atoms with van der Waals surface area (Å²) in [7, 11) is 0. The molecule has 1 N–H and O–H groups in total. The third kappa shape index (κ3) is 3.19. The van der Waals surface area contributed by atoms with E-state index in [0.717, 1.165) is 16.1 Å². The molecule has 8 heteroatoms. The van der Waals surface area contributed by atoms with E-state index in [1.807, 2.05) is 66.9 Å². The number of furan rings is 1. The molecule has 0 bridgehead atoms. The lowest BCUT2D eigenvalue weighted by Crippen LogP contribution is -2.13. The summed E-state index contributed by atoms with van der Waals surface area (Å²) in [6, 6.07) is 17.2. The van der Waals surface area contributed by atoms with Crippen LogP contribution in [0.15, 0.2) is 69.0 Å². The highest BCUT2D eigenvalue weighted by Gasteiger charge is 2.20. The maximum absolute atomic E-state index is 12.4. The molecule has 0 aliphatic rings. The van der Waals surface area contributed by atoms with Crippen LogP contribution in [0.4, 0.5) is 0 Å². The fraction of sp³-hybridized carbons (Fsp3) is 0.182. The number of hydrogen-bond acceptors (Lipinski definition) is 6. The van der Waals surface area contributed by atoms with Gasteiger partial charge in [0, 0.05) is 11.9 Å². The first kappa shape index (κ1) is 18.6. The predicted octanol–water partition coefficient (Wildman–Crippen LogP) is 4.80. The fourth-order valence-electron chi connectivity index (χ4n) is 3.45. The van der Waals surface area contributed by atoms with E-state index in [-0.39, 0.29) is 10.8 Å². The van der Waals surface area contributed by atoms with Gasteiger partial charge in [-0.1, -0.05) is 42.1 Å². The van der Waals surface area contributed by atoms with E-state index in [2.05, 4.69) is 20.2 Å². The Morgan fingerprint density at radius 2 is 1.93 bits per heavy atom. The zero-order valence-electron chi connectivity index (χ0n) is 16.5. The number of hydrogen-bond donors (Lipinski definition) is 1. The fourth-order valence-corrected chi connectivity index (χ4v) is 4.42. The van der Waals surface area contributed by atoms with E-state index in [1.165, 1.54) is 11.8 Å². The molecule has 0 radical (unpaired) electrons. The first-order valence-corrected chi connectivity index (χ1v) is 10.6. The largest absolute Gasteiger partial charge is 0.453 e. The molecule has 0 unspecified atom stereocenters. The van der Waals surface area contributed by atoms with Crippen LogP contribution in [-0.2, 0) is 6.54 Å². The molecule has 5 aromatic rings. The summed E-state index contributed by atoms with van der Waals surface area (Å²) in [5.41, 5.74) is 1.37. The Morgan fingerprint density at radius 3 is 2.77 bits per heavy atom. The molecular formula is C22H19N5O2S. The Morgan fingerprint density at radius 1 is 1.13 bits per heavy atom. The Kier molecular flexibility index (Phi) is 4.63. The van der Waals surface area contributed by atoms with Crippen LogP contribution in [0.25, 0.3) is 33.5 Å². The smallest absolute Gasteiger partial charge is 0.258 e. The first-order valence-electron chi connectivity index (χ1n) is 9.72. The van der Waals surface area contributed by atoms with Crippen LogP contribution < -0.4 is 5.56 Å². The maximum atomic E-state index is 12.4. The van der Waals surface area contributed by atoms with Crippen LogP contribution in [0.1, 0.15) is 24.9 Å². The van der Waals surface area contributed by atoms with E-state index in [0.29, 0.717) is 34.9 Å². The third-order valence-corrected chi connectivity index (χ3v) is 6.07. The van der Waals surface area contributed by atoms with Crippen LogP contribution in [0.3, 0.4) is 0 Å². The van der Waals surface area contributed by atoms with E-state index >= 15 is 0 Å². The van der Waals surface area contributed by atoms with E-state index in [1.54, 1.807) is 6.07 Å². The van der Waals surface area contributed by atoms with Crippen LogP contribution >= 0.6 is 11.8 Å². The summed E-state index contributed by atoms with van der Waals surface area (Å²) in [5.74, 6) is 1.98. The molecule has 1 atom stereocenters. The molecule has 30 heavy (non-hydrogen) atoms. The topological polar surface area (TPSA) is 89.6 Å². The van der Waals surface area contributed by atoms with Crippen molar-refractivity contribution < 1.29 is 4.42 Å². The van der Waals surface area contributed by atoms with Gasteiger partial charge in [-0.3, -0.25) is 9.36 Å². The van der Waals surface area contributed by atoms with Gasteiger partial charge < -0.3 is 9.40 Å². The van der Waals surface area contributed by atoms with Gasteiger partial charge in [0.2, 0.25) is 5.82 Å². The van der Waals surface area contributed by atoms with Crippen molar-refractivity contribution >= 4 is 33.6 Å². The molecule has 0 spiro atoms. The van der Waals surface area contributed by atoms with Crippen LogP contribution in [-0.4, -0.2) is 24.7 Å². The second-order valence-corrected chi connectivity index (χ2v) is 8.24. The second kappa shape index (κ2) is 7.46. The number of nitrogens with zero attached hydrogens (tertiary/aromatic N) is 4. The summed E-state index contributed by atoms with van der Waals surface area (Å²) in [6.45, 7) is 4.73. The molecular weight excluding hydrogens is 398 g/mol. The van der Waals surface area contributed by atoms with Crippen molar-refractivity contribution in [2.45, 2.75) is 30.8 Å². The van der Waals surface area contributed by atoms with Crippen molar-refractivity contribution in [1.82, 2.24) is 24.7 Å². The molecule has 3 aromatic heterocycles. The zero-order chi connectivity index (χ0) is 20.7. The zero-order valence-corrected chi connectivity index (χ0v) is 17.3. The van der Waals surface area contributed by atoms with Crippen LogP contribution in [0.2, 0.25) is 0 Å². The summed E-state index contributed by atoms with van der Waals surface area (Å²) in [4.78, 5) is 19.9. The average molecular weight is 417 g/mol. The molecule has 5 rings (SSSR count). The van der Waals surface area contributed by atoms with Crippen molar-refractivity contribution in [3.8, 4) is 11.6 Å². The van der Waals surface area contributed by atoms with Gasteiger partial charge in [-0.25, -0.2) is 4.98 Å². The molecule has 0 aliphatic carbocycles. The highest BCUT2D eigenvalue weighted by atomic mass is 32.2. The van der Waals surface area contributed by atoms with E-state index in [9.17, 15) is 4.79 Å².